The Labute approximate surface area is 171 Å². The monoisotopic (exact) mass is 407 g/mol. The summed E-state index contributed by atoms with van der Waals surface area (Å²) in [6.07, 6.45) is 2.74. The first-order chi connectivity index (χ1) is 14.7. The van der Waals surface area contributed by atoms with Gasteiger partial charge < -0.3 is 19.9 Å². The molecule has 0 unspecified atom stereocenters. The molecule has 6 nitrogen and oxygen atoms in total. The summed E-state index contributed by atoms with van der Waals surface area (Å²) in [4.78, 5) is 13.7. The second kappa shape index (κ2) is 7.72. The van der Waals surface area contributed by atoms with Crippen LogP contribution in [0.15, 0.2) is 54.9 Å². The zero-order valence-corrected chi connectivity index (χ0v) is 16.0. The number of rotatable bonds is 4. The first kappa shape index (κ1) is 18.5. The molecule has 5 rings (SSSR count). The summed E-state index contributed by atoms with van der Waals surface area (Å²) in [6, 6.07) is 12.2. The van der Waals surface area contributed by atoms with Crippen molar-refractivity contribution >= 4 is 28.2 Å². The van der Waals surface area contributed by atoms with Crippen LogP contribution in [0.3, 0.4) is 0 Å². The van der Waals surface area contributed by atoms with Crippen LogP contribution in [0.2, 0.25) is 0 Å². The van der Waals surface area contributed by atoms with E-state index in [1.54, 1.807) is 12.3 Å². The average molecular weight is 407 g/mol. The highest BCUT2D eigenvalue weighted by molar-refractivity contribution is 5.94. The maximum atomic E-state index is 14.5. The molecule has 1 fully saturated rings. The number of fused-ring (bicyclic) bond motifs is 1. The van der Waals surface area contributed by atoms with Crippen molar-refractivity contribution in [3.05, 3.63) is 66.5 Å². The molecule has 2 aromatic heterocycles. The number of morpholine rings is 1. The fraction of sp³-hybridized carbons (Fsp3) is 0.182. The predicted molar refractivity (Wildman–Crippen MR) is 112 cm³/mol. The van der Waals surface area contributed by atoms with Crippen LogP contribution in [-0.2, 0) is 4.74 Å². The number of aromatic nitrogens is 3. The normalized spacial score (nSPS) is 14.3. The second-order valence-corrected chi connectivity index (χ2v) is 7.05. The number of hydrogen-bond donors (Lipinski definition) is 2. The molecule has 0 aliphatic carbocycles. The molecule has 0 radical (unpaired) electrons. The topological polar surface area (TPSA) is 66.1 Å². The van der Waals surface area contributed by atoms with Gasteiger partial charge in [0.1, 0.15) is 11.5 Å². The number of halogens is 2. The number of aromatic amines is 1. The van der Waals surface area contributed by atoms with Crippen molar-refractivity contribution in [1.82, 2.24) is 15.0 Å². The summed E-state index contributed by atoms with van der Waals surface area (Å²) in [5.74, 6) is -0.707. The number of nitrogens with one attached hydrogen (secondary N) is 2. The Bertz CT molecular complexity index is 1190. The largest absolute Gasteiger partial charge is 0.378 e. The molecule has 1 aliphatic heterocycles. The predicted octanol–water partition coefficient (Wildman–Crippen LogP) is 4.48. The lowest BCUT2D eigenvalue weighted by Gasteiger charge is -2.28. The molecule has 0 atom stereocenters. The Morgan fingerprint density at radius 3 is 2.63 bits per heavy atom. The summed E-state index contributed by atoms with van der Waals surface area (Å²) in [7, 11) is 0. The van der Waals surface area contributed by atoms with Gasteiger partial charge in [0.15, 0.2) is 5.82 Å². The molecular weight excluding hydrogens is 388 g/mol. The molecule has 2 aromatic carbocycles. The third-order valence-corrected chi connectivity index (χ3v) is 5.14. The zero-order chi connectivity index (χ0) is 20.5. The van der Waals surface area contributed by atoms with Gasteiger partial charge >= 0.3 is 0 Å². The van der Waals surface area contributed by atoms with Crippen molar-refractivity contribution in [2.24, 2.45) is 0 Å². The SMILES string of the molecule is Fc1ccc2[nH]cc(-c3nc(Nc4ccc(N5CCOCC5)cc4)ncc3F)c2c1. The van der Waals surface area contributed by atoms with Gasteiger partial charge in [-0.05, 0) is 42.5 Å². The first-order valence-corrected chi connectivity index (χ1v) is 9.67. The Morgan fingerprint density at radius 2 is 1.83 bits per heavy atom. The van der Waals surface area contributed by atoms with Crippen molar-refractivity contribution in [3.8, 4) is 11.3 Å². The molecule has 1 aliphatic rings. The van der Waals surface area contributed by atoms with E-state index in [0.29, 0.717) is 16.5 Å². The molecule has 3 heterocycles. The molecule has 152 valence electrons. The van der Waals surface area contributed by atoms with E-state index in [2.05, 4.69) is 25.2 Å². The standard InChI is InChI=1S/C22H19F2N5O/c23-14-1-6-20-17(11-14)18(12-25-20)21-19(24)13-26-22(28-21)27-15-2-4-16(5-3-15)29-7-9-30-10-8-29/h1-6,11-13,25H,7-10H2,(H,26,27,28). The Hall–Kier alpha value is -3.52. The van der Waals surface area contributed by atoms with Crippen LogP contribution >= 0.6 is 0 Å². The van der Waals surface area contributed by atoms with E-state index in [-0.39, 0.29) is 11.6 Å². The number of ether oxygens (including phenoxy) is 1. The fourth-order valence-corrected chi connectivity index (χ4v) is 3.61. The maximum Gasteiger partial charge on any atom is 0.227 e. The van der Waals surface area contributed by atoms with E-state index >= 15 is 0 Å². The molecule has 0 spiro atoms. The number of anilines is 3. The van der Waals surface area contributed by atoms with Gasteiger partial charge in [-0.15, -0.1) is 0 Å². The third-order valence-electron chi connectivity index (χ3n) is 5.14. The van der Waals surface area contributed by atoms with Crippen LogP contribution < -0.4 is 10.2 Å². The fourth-order valence-electron chi connectivity index (χ4n) is 3.61. The first-order valence-electron chi connectivity index (χ1n) is 9.67. The molecule has 1 saturated heterocycles. The van der Waals surface area contributed by atoms with Gasteiger partial charge in [0, 0.05) is 47.1 Å². The van der Waals surface area contributed by atoms with Crippen molar-refractivity contribution in [3.63, 3.8) is 0 Å². The summed E-state index contributed by atoms with van der Waals surface area (Å²) >= 11 is 0. The molecule has 0 bridgehead atoms. The number of hydrogen-bond acceptors (Lipinski definition) is 5. The quantitative estimate of drug-likeness (QED) is 0.522. The van der Waals surface area contributed by atoms with Gasteiger partial charge in [0.05, 0.1) is 19.4 Å². The summed E-state index contributed by atoms with van der Waals surface area (Å²) in [5.41, 5.74) is 3.20. The van der Waals surface area contributed by atoms with Crippen LogP contribution in [0.1, 0.15) is 0 Å². The van der Waals surface area contributed by atoms with E-state index < -0.39 is 11.6 Å². The van der Waals surface area contributed by atoms with Crippen LogP contribution in [0.5, 0.6) is 0 Å². The maximum absolute atomic E-state index is 14.5. The lowest BCUT2D eigenvalue weighted by Crippen LogP contribution is -2.36. The smallest absolute Gasteiger partial charge is 0.227 e. The van der Waals surface area contributed by atoms with Crippen LogP contribution in [0.25, 0.3) is 22.2 Å². The molecule has 2 N–H and O–H groups in total. The highest BCUT2D eigenvalue weighted by atomic mass is 19.1. The summed E-state index contributed by atoms with van der Waals surface area (Å²) in [6.45, 7) is 3.18. The van der Waals surface area contributed by atoms with Gasteiger partial charge in [-0.1, -0.05) is 0 Å². The summed E-state index contributed by atoms with van der Waals surface area (Å²) < 4.78 is 33.5. The minimum Gasteiger partial charge on any atom is -0.378 e. The van der Waals surface area contributed by atoms with E-state index in [9.17, 15) is 8.78 Å². The third kappa shape index (κ3) is 3.57. The van der Waals surface area contributed by atoms with Gasteiger partial charge in [-0.3, -0.25) is 0 Å². The molecule has 0 saturated carbocycles. The minimum absolute atomic E-state index is 0.106. The van der Waals surface area contributed by atoms with Crippen molar-refractivity contribution in [2.75, 3.05) is 36.5 Å². The van der Waals surface area contributed by atoms with Gasteiger partial charge in [-0.25, -0.2) is 18.7 Å². The molecule has 0 amide bonds. The molecule has 4 aromatic rings. The highest BCUT2D eigenvalue weighted by Crippen LogP contribution is 2.30. The Morgan fingerprint density at radius 1 is 1.03 bits per heavy atom. The van der Waals surface area contributed by atoms with Crippen molar-refractivity contribution in [2.45, 2.75) is 0 Å². The van der Waals surface area contributed by atoms with Crippen molar-refractivity contribution < 1.29 is 13.5 Å². The molecular formula is C22H19F2N5O. The number of nitrogens with zero attached hydrogens (tertiary/aromatic N) is 3. The second-order valence-electron chi connectivity index (χ2n) is 7.05. The Kier molecular flexibility index (Phi) is 4.76. The van der Waals surface area contributed by atoms with Crippen LogP contribution in [0.4, 0.5) is 26.1 Å². The molecule has 30 heavy (non-hydrogen) atoms. The number of benzene rings is 2. The van der Waals surface area contributed by atoms with E-state index in [1.165, 1.54) is 12.1 Å². The van der Waals surface area contributed by atoms with Crippen LogP contribution in [-0.4, -0.2) is 41.3 Å². The lowest BCUT2D eigenvalue weighted by atomic mass is 10.1. The lowest BCUT2D eigenvalue weighted by molar-refractivity contribution is 0.122. The minimum atomic E-state index is -0.576. The molecule has 8 heteroatoms. The number of H-pyrrole nitrogens is 1. The average Bonchev–Trinajstić information content (AvgIpc) is 3.19. The van der Waals surface area contributed by atoms with Crippen molar-refractivity contribution in [1.29, 1.82) is 0 Å². The zero-order valence-electron chi connectivity index (χ0n) is 16.0. The summed E-state index contributed by atoms with van der Waals surface area (Å²) in [5, 5.41) is 3.67. The van der Waals surface area contributed by atoms with E-state index in [4.69, 9.17) is 4.74 Å². The van der Waals surface area contributed by atoms with Crippen LogP contribution in [0, 0.1) is 11.6 Å². The van der Waals surface area contributed by atoms with Gasteiger partial charge in [0.25, 0.3) is 0 Å². The van der Waals surface area contributed by atoms with Gasteiger partial charge in [0.2, 0.25) is 5.95 Å². The van der Waals surface area contributed by atoms with E-state index in [0.717, 1.165) is 43.9 Å². The van der Waals surface area contributed by atoms with E-state index in [1.807, 2.05) is 24.3 Å². The highest BCUT2D eigenvalue weighted by Gasteiger charge is 2.15. The van der Waals surface area contributed by atoms with Gasteiger partial charge in [-0.2, -0.15) is 0 Å². The Balaban J connectivity index is 1.41.